The lowest BCUT2D eigenvalue weighted by atomic mass is 10.0. The molecule has 2 aliphatic rings. The van der Waals surface area contributed by atoms with Crippen LogP contribution in [-0.4, -0.2) is 42.1 Å². The average molecular weight is 250 g/mol. The van der Waals surface area contributed by atoms with Crippen molar-refractivity contribution in [1.29, 1.82) is 0 Å². The maximum absolute atomic E-state index is 13.6. The van der Waals surface area contributed by atoms with E-state index in [-0.39, 0.29) is 17.2 Å². The molecule has 5 heteroatoms. The highest BCUT2D eigenvalue weighted by atomic mass is 19.1. The first-order valence-corrected chi connectivity index (χ1v) is 6.13. The van der Waals surface area contributed by atoms with E-state index in [0.29, 0.717) is 24.9 Å². The zero-order valence-electron chi connectivity index (χ0n) is 9.90. The Balaban J connectivity index is 1.79. The summed E-state index contributed by atoms with van der Waals surface area (Å²) in [6.07, 6.45) is 0. The van der Waals surface area contributed by atoms with Crippen LogP contribution in [-0.2, 0) is 0 Å². The molecule has 0 aromatic heterocycles. The second-order valence-corrected chi connectivity index (χ2v) is 5.05. The fraction of sp³-hybridized carbons (Fsp3) is 0.462. The summed E-state index contributed by atoms with van der Waals surface area (Å²) in [7, 11) is 0. The van der Waals surface area contributed by atoms with Crippen LogP contribution in [0.4, 0.5) is 4.39 Å². The van der Waals surface area contributed by atoms with E-state index in [0.717, 1.165) is 19.2 Å². The maximum Gasteiger partial charge on any atom is 0.256 e. The number of carbonyl (C=O) groups excluding carboxylic acids is 1. The van der Waals surface area contributed by atoms with Gasteiger partial charge >= 0.3 is 0 Å². The fourth-order valence-electron chi connectivity index (χ4n) is 2.87. The number of phenolic OH excluding ortho intramolecular Hbond substituents is 1. The van der Waals surface area contributed by atoms with Gasteiger partial charge < -0.3 is 15.3 Å². The Kier molecular flexibility index (Phi) is 2.70. The Morgan fingerprint density at radius 1 is 1.33 bits per heavy atom. The van der Waals surface area contributed by atoms with Gasteiger partial charge in [-0.05, 0) is 24.0 Å². The van der Waals surface area contributed by atoms with Crippen LogP contribution in [0.5, 0.6) is 5.75 Å². The first kappa shape index (κ1) is 11.5. The predicted molar refractivity (Wildman–Crippen MR) is 63.8 cm³/mol. The minimum absolute atomic E-state index is 0.0423. The predicted octanol–water partition coefficient (Wildman–Crippen LogP) is 0.823. The molecule has 0 spiro atoms. The number of fused-ring (bicyclic) bond motifs is 1. The third-order valence-electron chi connectivity index (χ3n) is 3.86. The highest BCUT2D eigenvalue weighted by molar-refractivity contribution is 5.94. The molecule has 2 fully saturated rings. The third-order valence-corrected chi connectivity index (χ3v) is 3.86. The van der Waals surface area contributed by atoms with Gasteiger partial charge in [0.05, 0.1) is 5.56 Å². The number of benzene rings is 1. The number of likely N-dealkylation sites (tertiary alicyclic amines) is 1. The first-order chi connectivity index (χ1) is 8.65. The van der Waals surface area contributed by atoms with Crippen molar-refractivity contribution < 1.29 is 14.3 Å². The topological polar surface area (TPSA) is 52.6 Å². The van der Waals surface area contributed by atoms with Gasteiger partial charge in [-0.25, -0.2) is 4.39 Å². The normalized spacial score (nSPS) is 26.4. The van der Waals surface area contributed by atoms with E-state index < -0.39 is 5.82 Å². The molecular formula is C13H15FN2O2. The van der Waals surface area contributed by atoms with Crippen molar-refractivity contribution in [3.8, 4) is 5.75 Å². The van der Waals surface area contributed by atoms with Gasteiger partial charge in [0, 0.05) is 32.2 Å². The van der Waals surface area contributed by atoms with Crippen molar-refractivity contribution >= 4 is 5.91 Å². The molecule has 1 aromatic carbocycles. The quantitative estimate of drug-likeness (QED) is 0.776. The summed E-state index contributed by atoms with van der Waals surface area (Å²) in [6.45, 7) is 3.26. The Bertz CT molecular complexity index is 480. The molecule has 1 aromatic rings. The van der Waals surface area contributed by atoms with Crippen molar-refractivity contribution in [2.24, 2.45) is 11.8 Å². The van der Waals surface area contributed by atoms with Gasteiger partial charge in [0.2, 0.25) is 0 Å². The zero-order chi connectivity index (χ0) is 12.7. The van der Waals surface area contributed by atoms with Gasteiger partial charge in [0.15, 0.2) is 0 Å². The van der Waals surface area contributed by atoms with Gasteiger partial charge in [0.1, 0.15) is 11.6 Å². The number of rotatable bonds is 1. The molecule has 2 heterocycles. The second kappa shape index (κ2) is 4.24. The van der Waals surface area contributed by atoms with Crippen LogP contribution in [0.25, 0.3) is 0 Å². The number of nitrogens with zero attached hydrogens (tertiary/aromatic N) is 1. The van der Waals surface area contributed by atoms with E-state index >= 15 is 0 Å². The van der Waals surface area contributed by atoms with Crippen molar-refractivity contribution in [3.05, 3.63) is 29.6 Å². The molecule has 0 bridgehead atoms. The Hall–Kier alpha value is -1.62. The van der Waals surface area contributed by atoms with Crippen LogP contribution in [0.2, 0.25) is 0 Å². The summed E-state index contributed by atoms with van der Waals surface area (Å²) < 4.78 is 13.6. The van der Waals surface area contributed by atoms with Crippen molar-refractivity contribution in [2.75, 3.05) is 26.2 Å². The molecule has 3 rings (SSSR count). The van der Waals surface area contributed by atoms with Crippen molar-refractivity contribution in [1.82, 2.24) is 10.2 Å². The Morgan fingerprint density at radius 3 is 2.61 bits per heavy atom. The summed E-state index contributed by atoms with van der Waals surface area (Å²) in [5.74, 6) is -0.105. The molecule has 0 radical (unpaired) electrons. The standard InChI is InChI=1S/C13H15FN2O2/c14-12-3-10(17)1-2-11(12)13(18)16-6-8-4-15-5-9(8)7-16/h1-3,8-9,15,17H,4-7H2/t8-,9+. The number of hydrogen-bond donors (Lipinski definition) is 2. The van der Waals surface area contributed by atoms with Crippen molar-refractivity contribution in [2.45, 2.75) is 0 Å². The van der Waals surface area contributed by atoms with E-state index in [4.69, 9.17) is 5.11 Å². The summed E-state index contributed by atoms with van der Waals surface area (Å²) >= 11 is 0. The molecule has 2 saturated heterocycles. The lowest BCUT2D eigenvalue weighted by Gasteiger charge is -2.17. The number of halogens is 1. The highest BCUT2D eigenvalue weighted by Gasteiger charge is 2.38. The van der Waals surface area contributed by atoms with Crippen LogP contribution >= 0.6 is 0 Å². The minimum atomic E-state index is -0.657. The molecular weight excluding hydrogens is 235 g/mol. The summed E-state index contributed by atoms with van der Waals surface area (Å²) in [5, 5.41) is 12.4. The van der Waals surface area contributed by atoms with Crippen LogP contribution in [0, 0.1) is 17.7 Å². The lowest BCUT2D eigenvalue weighted by Crippen LogP contribution is -2.32. The smallest absolute Gasteiger partial charge is 0.256 e. The Labute approximate surface area is 104 Å². The molecule has 0 saturated carbocycles. The number of hydrogen-bond acceptors (Lipinski definition) is 3. The minimum Gasteiger partial charge on any atom is -0.508 e. The largest absolute Gasteiger partial charge is 0.508 e. The number of phenols is 1. The van der Waals surface area contributed by atoms with Crippen LogP contribution in [0.1, 0.15) is 10.4 Å². The van der Waals surface area contributed by atoms with Crippen LogP contribution in [0.3, 0.4) is 0 Å². The van der Waals surface area contributed by atoms with Gasteiger partial charge in [-0.3, -0.25) is 4.79 Å². The molecule has 2 atom stereocenters. The first-order valence-electron chi connectivity index (χ1n) is 6.13. The molecule has 96 valence electrons. The summed E-state index contributed by atoms with van der Waals surface area (Å²) in [5.41, 5.74) is 0.0423. The van der Waals surface area contributed by atoms with E-state index in [1.165, 1.54) is 12.1 Å². The van der Waals surface area contributed by atoms with E-state index in [1.807, 2.05) is 0 Å². The molecule has 1 amide bonds. The highest BCUT2D eigenvalue weighted by Crippen LogP contribution is 2.28. The summed E-state index contributed by atoms with van der Waals surface area (Å²) in [6, 6.07) is 3.67. The van der Waals surface area contributed by atoms with E-state index in [1.54, 1.807) is 4.90 Å². The van der Waals surface area contributed by atoms with E-state index in [2.05, 4.69) is 5.32 Å². The number of amides is 1. The lowest BCUT2D eigenvalue weighted by molar-refractivity contribution is 0.0777. The number of aromatic hydroxyl groups is 1. The monoisotopic (exact) mass is 250 g/mol. The molecule has 0 unspecified atom stereocenters. The van der Waals surface area contributed by atoms with Gasteiger partial charge in [-0.2, -0.15) is 0 Å². The summed E-state index contributed by atoms with van der Waals surface area (Å²) in [4.78, 5) is 13.9. The average Bonchev–Trinajstić information content (AvgIpc) is 2.87. The molecule has 4 nitrogen and oxygen atoms in total. The SMILES string of the molecule is O=C(c1ccc(O)cc1F)N1C[C@H]2CNC[C@H]2C1. The van der Waals surface area contributed by atoms with Gasteiger partial charge in [-0.15, -0.1) is 0 Å². The van der Waals surface area contributed by atoms with Crippen LogP contribution in [0.15, 0.2) is 18.2 Å². The second-order valence-electron chi connectivity index (χ2n) is 5.05. The maximum atomic E-state index is 13.6. The third kappa shape index (κ3) is 1.84. The van der Waals surface area contributed by atoms with Crippen LogP contribution < -0.4 is 5.32 Å². The molecule has 0 aliphatic carbocycles. The number of nitrogens with one attached hydrogen (secondary N) is 1. The molecule has 2 N–H and O–H groups in total. The number of carbonyl (C=O) groups is 1. The Morgan fingerprint density at radius 2 is 2.00 bits per heavy atom. The molecule has 2 aliphatic heterocycles. The van der Waals surface area contributed by atoms with Crippen molar-refractivity contribution in [3.63, 3.8) is 0 Å². The zero-order valence-corrected chi connectivity index (χ0v) is 9.90. The van der Waals surface area contributed by atoms with Gasteiger partial charge in [-0.1, -0.05) is 0 Å². The fourth-order valence-corrected chi connectivity index (χ4v) is 2.87. The van der Waals surface area contributed by atoms with Gasteiger partial charge in [0.25, 0.3) is 5.91 Å². The molecule has 18 heavy (non-hydrogen) atoms. The van der Waals surface area contributed by atoms with E-state index in [9.17, 15) is 9.18 Å².